The third-order valence-electron chi connectivity index (χ3n) is 3.97. The molecule has 2 aromatic rings. The van der Waals surface area contributed by atoms with E-state index in [1.807, 2.05) is 0 Å². The van der Waals surface area contributed by atoms with Gasteiger partial charge in [-0.05, 0) is 25.7 Å². The maximum Gasteiger partial charge on any atom is 0.148 e. The fourth-order valence-corrected chi connectivity index (χ4v) is 2.44. The van der Waals surface area contributed by atoms with Gasteiger partial charge in [0.15, 0.2) is 0 Å². The molecular formula is C14H22Cl2N6. The summed E-state index contributed by atoms with van der Waals surface area (Å²) in [7, 11) is 0. The zero-order valence-corrected chi connectivity index (χ0v) is 13.9. The van der Waals surface area contributed by atoms with E-state index >= 15 is 0 Å². The van der Waals surface area contributed by atoms with Crippen molar-refractivity contribution in [2.24, 2.45) is 0 Å². The zero-order chi connectivity index (χ0) is 13.4. The molecule has 0 atom stereocenters. The quantitative estimate of drug-likeness (QED) is 0.581. The zero-order valence-electron chi connectivity index (χ0n) is 12.3. The van der Waals surface area contributed by atoms with E-state index in [-0.39, 0.29) is 24.8 Å². The number of halogens is 2. The number of nitrogens with zero attached hydrogens (tertiary/aromatic N) is 2. The minimum Gasteiger partial charge on any atom is -0.367 e. The highest BCUT2D eigenvalue weighted by Gasteiger charge is 2.26. The second kappa shape index (κ2) is 7.24. The number of rotatable bonds is 7. The molecule has 122 valence electrons. The van der Waals surface area contributed by atoms with Gasteiger partial charge < -0.3 is 10.6 Å². The van der Waals surface area contributed by atoms with E-state index in [0.717, 1.165) is 36.6 Å². The van der Waals surface area contributed by atoms with Crippen molar-refractivity contribution in [2.45, 2.75) is 37.5 Å². The molecule has 4 N–H and O–H groups in total. The lowest BCUT2D eigenvalue weighted by Crippen LogP contribution is -2.13. The summed E-state index contributed by atoms with van der Waals surface area (Å²) in [5, 5.41) is 21.4. The Morgan fingerprint density at radius 3 is 1.59 bits per heavy atom. The summed E-state index contributed by atoms with van der Waals surface area (Å²) in [4.78, 5) is 0. The van der Waals surface area contributed by atoms with Crippen LogP contribution in [0.5, 0.6) is 0 Å². The summed E-state index contributed by atoms with van der Waals surface area (Å²) in [5.74, 6) is 3.32. The number of nitrogens with one attached hydrogen (secondary N) is 4. The molecule has 2 aliphatic carbocycles. The Bertz CT molecular complexity index is 535. The van der Waals surface area contributed by atoms with Crippen LogP contribution in [0.3, 0.4) is 0 Å². The molecule has 0 amide bonds. The maximum absolute atomic E-state index is 4.27. The van der Waals surface area contributed by atoms with Crippen molar-refractivity contribution in [2.75, 3.05) is 23.7 Å². The van der Waals surface area contributed by atoms with Crippen molar-refractivity contribution in [1.29, 1.82) is 0 Å². The standard InChI is InChI=1S/C14H20N6.2ClH/c1-2-9(1)11-7-13(19-17-11)15-5-6-16-14-8-12(18-20-14)10-3-4-10;;/h7-10H,1-6H2,(H2,15,17,19)(H2,16,18,20);2*1H. The van der Waals surface area contributed by atoms with Gasteiger partial charge in [-0.2, -0.15) is 10.2 Å². The number of H-pyrrole nitrogens is 2. The summed E-state index contributed by atoms with van der Waals surface area (Å²) < 4.78 is 0. The molecule has 4 rings (SSSR count). The molecule has 0 saturated heterocycles. The van der Waals surface area contributed by atoms with Gasteiger partial charge in [-0.1, -0.05) is 0 Å². The van der Waals surface area contributed by atoms with E-state index in [2.05, 4.69) is 43.2 Å². The van der Waals surface area contributed by atoms with Crippen LogP contribution < -0.4 is 10.6 Å². The van der Waals surface area contributed by atoms with Crippen LogP contribution in [0.1, 0.15) is 48.9 Å². The van der Waals surface area contributed by atoms with Crippen molar-refractivity contribution in [3.8, 4) is 0 Å². The molecule has 8 heteroatoms. The van der Waals surface area contributed by atoms with Gasteiger partial charge in [0.05, 0.1) is 0 Å². The molecule has 22 heavy (non-hydrogen) atoms. The van der Waals surface area contributed by atoms with E-state index in [4.69, 9.17) is 0 Å². The van der Waals surface area contributed by atoms with E-state index in [0.29, 0.717) is 0 Å². The molecule has 0 unspecified atom stereocenters. The van der Waals surface area contributed by atoms with Crippen molar-refractivity contribution in [3.05, 3.63) is 23.5 Å². The summed E-state index contributed by atoms with van der Waals surface area (Å²) in [5.41, 5.74) is 2.53. The maximum atomic E-state index is 4.27. The predicted molar refractivity (Wildman–Crippen MR) is 92.6 cm³/mol. The first-order valence-electron chi connectivity index (χ1n) is 7.47. The fourth-order valence-electron chi connectivity index (χ4n) is 2.44. The number of hydrogen-bond acceptors (Lipinski definition) is 4. The summed E-state index contributed by atoms with van der Waals surface area (Å²) in [6.45, 7) is 1.67. The predicted octanol–water partition coefficient (Wildman–Crippen LogP) is 3.26. The molecule has 0 bridgehead atoms. The molecular weight excluding hydrogens is 323 g/mol. The van der Waals surface area contributed by atoms with Gasteiger partial charge in [0, 0.05) is 48.4 Å². The normalized spacial score (nSPS) is 16.5. The fraction of sp³-hybridized carbons (Fsp3) is 0.571. The molecule has 2 saturated carbocycles. The lowest BCUT2D eigenvalue weighted by molar-refractivity contribution is 0.953. The Hall–Kier alpha value is -1.40. The highest BCUT2D eigenvalue weighted by Crippen LogP contribution is 2.40. The Morgan fingerprint density at radius 2 is 1.23 bits per heavy atom. The van der Waals surface area contributed by atoms with Crippen LogP contribution in [0, 0.1) is 0 Å². The van der Waals surface area contributed by atoms with Gasteiger partial charge in [-0.3, -0.25) is 10.2 Å². The molecule has 6 nitrogen and oxygen atoms in total. The molecule has 2 heterocycles. The van der Waals surface area contributed by atoms with Crippen molar-refractivity contribution in [1.82, 2.24) is 20.4 Å². The molecule has 0 spiro atoms. The Balaban J connectivity index is 0.000000882. The summed E-state index contributed by atoms with van der Waals surface area (Å²) in [6, 6.07) is 4.24. The minimum absolute atomic E-state index is 0. The monoisotopic (exact) mass is 344 g/mol. The van der Waals surface area contributed by atoms with Gasteiger partial charge in [0.1, 0.15) is 11.6 Å². The van der Waals surface area contributed by atoms with Gasteiger partial charge >= 0.3 is 0 Å². The first kappa shape index (κ1) is 17.0. The Morgan fingerprint density at radius 1 is 0.818 bits per heavy atom. The Kier molecular flexibility index (Phi) is 5.58. The highest BCUT2D eigenvalue weighted by atomic mass is 35.5. The number of anilines is 2. The third kappa shape index (κ3) is 4.08. The van der Waals surface area contributed by atoms with Crippen LogP contribution in [0.2, 0.25) is 0 Å². The van der Waals surface area contributed by atoms with Crippen LogP contribution in [-0.2, 0) is 0 Å². The lowest BCUT2D eigenvalue weighted by atomic mass is 10.3. The van der Waals surface area contributed by atoms with Crippen molar-refractivity contribution >= 4 is 36.4 Å². The van der Waals surface area contributed by atoms with Crippen molar-refractivity contribution in [3.63, 3.8) is 0 Å². The van der Waals surface area contributed by atoms with Crippen LogP contribution in [0.15, 0.2) is 12.1 Å². The Labute approximate surface area is 142 Å². The van der Waals surface area contributed by atoms with Crippen LogP contribution in [0.25, 0.3) is 0 Å². The van der Waals surface area contributed by atoms with Crippen LogP contribution >= 0.6 is 24.8 Å². The average molecular weight is 345 g/mol. The topological polar surface area (TPSA) is 81.4 Å². The highest BCUT2D eigenvalue weighted by molar-refractivity contribution is 5.85. The van der Waals surface area contributed by atoms with Gasteiger partial charge in [-0.15, -0.1) is 24.8 Å². The summed E-state index contributed by atoms with van der Waals surface area (Å²) >= 11 is 0. The molecule has 0 aliphatic heterocycles. The van der Waals surface area contributed by atoms with Crippen molar-refractivity contribution < 1.29 is 0 Å². The van der Waals surface area contributed by atoms with Crippen LogP contribution in [0.4, 0.5) is 11.6 Å². The van der Waals surface area contributed by atoms with Crippen LogP contribution in [-0.4, -0.2) is 33.5 Å². The van der Waals surface area contributed by atoms with E-state index in [1.165, 1.54) is 37.1 Å². The largest absolute Gasteiger partial charge is 0.367 e. The van der Waals surface area contributed by atoms with Gasteiger partial charge in [0.2, 0.25) is 0 Å². The summed E-state index contributed by atoms with van der Waals surface area (Å²) in [6.07, 6.45) is 5.19. The van der Waals surface area contributed by atoms with Gasteiger partial charge in [0.25, 0.3) is 0 Å². The lowest BCUT2D eigenvalue weighted by Gasteiger charge is -2.03. The second-order valence-corrected chi connectivity index (χ2v) is 5.82. The first-order valence-corrected chi connectivity index (χ1v) is 7.47. The SMILES string of the molecule is Cl.Cl.c1c(NCCNc2cc(C3CC3)[nH]n2)n[nH]c1C1CC1. The molecule has 0 aromatic carbocycles. The minimum atomic E-state index is 0. The van der Waals surface area contributed by atoms with E-state index in [9.17, 15) is 0 Å². The number of aromatic amines is 2. The van der Waals surface area contributed by atoms with E-state index < -0.39 is 0 Å². The molecule has 2 fully saturated rings. The smallest absolute Gasteiger partial charge is 0.148 e. The van der Waals surface area contributed by atoms with Gasteiger partial charge in [-0.25, -0.2) is 0 Å². The van der Waals surface area contributed by atoms with E-state index in [1.54, 1.807) is 0 Å². The molecule has 0 radical (unpaired) electrons. The number of hydrogen-bond donors (Lipinski definition) is 4. The molecule has 2 aliphatic rings. The average Bonchev–Trinajstić information content (AvgIpc) is 3.39. The third-order valence-corrected chi connectivity index (χ3v) is 3.97. The number of aromatic nitrogens is 4. The molecule has 2 aromatic heterocycles. The first-order chi connectivity index (χ1) is 9.88. The second-order valence-electron chi connectivity index (χ2n) is 5.82.